The largest absolute Gasteiger partial charge is 0.465 e. The summed E-state index contributed by atoms with van der Waals surface area (Å²) < 4.78 is 15.6. The maximum atomic E-state index is 11.4. The second-order valence-electron chi connectivity index (χ2n) is 4.46. The van der Waals surface area contributed by atoms with Crippen molar-refractivity contribution in [1.29, 1.82) is 0 Å². The molecule has 0 aromatic carbocycles. The van der Waals surface area contributed by atoms with Gasteiger partial charge < -0.3 is 14.2 Å². The Hall–Kier alpha value is -0.320. The number of hydrogen-bond acceptors (Lipinski definition) is 4. The highest BCUT2D eigenvalue weighted by Gasteiger charge is 2.41. The normalized spacial score (nSPS) is 29.0. The first-order valence-electron chi connectivity index (χ1n) is 6.04. The van der Waals surface area contributed by atoms with Gasteiger partial charge in [-0.15, -0.1) is 11.6 Å². The average Bonchev–Trinajstić information content (AvgIpc) is 2.36. The fourth-order valence-corrected chi connectivity index (χ4v) is 2.01. The van der Waals surface area contributed by atoms with Gasteiger partial charge in [0, 0.05) is 18.7 Å². The predicted octanol–water partition coefficient (Wildman–Crippen LogP) is 2.34. The van der Waals surface area contributed by atoms with Crippen molar-refractivity contribution >= 4 is 17.6 Å². The molecule has 1 saturated heterocycles. The number of ether oxygens (including phenoxy) is 3. The fraction of sp³-hybridized carbons (Fsp3) is 0.917. The number of carbonyl (C=O) groups is 1. The molecule has 0 bridgehead atoms. The van der Waals surface area contributed by atoms with Crippen LogP contribution in [0.3, 0.4) is 0 Å². The molecule has 100 valence electrons. The molecule has 0 radical (unpaired) electrons. The van der Waals surface area contributed by atoms with E-state index in [0.717, 1.165) is 31.6 Å². The van der Waals surface area contributed by atoms with Gasteiger partial charge in [0.1, 0.15) is 0 Å². The lowest BCUT2D eigenvalue weighted by atomic mass is 10.0. The van der Waals surface area contributed by atoms with Crippen molar-refractivity contribution in [2.24, 2.45) is 5.92 Å². The Kier molecular flexibility index (Phi) is 6.23. The van der Waals surface area contributed by atoms with Crippen molar-refractivity contribution in [3.8, 4) is 0 Å². The van der Waals surface area contributed by atoms with Crippen molar-refractivity contribution in [1.82, 2.24) is 0 Å². The molecule has 5 heteroatoms. The molecule has 0 aliphatic carbocycles. The second-order valence-corrected chi connectivity index (χ2v) is 4.84. The molecule has 1 rings (SSSR count). The molecule has 17 heavy (non-hydrogen) atoms. The number of esters is 1. The lowest BCUT2D eigenvalue weighted by Crippen LogP contribution is -2.48. The molecular formula is C12H21ClO4. The Morgan fingerprint density at radius 2 is 2.00 bits per heavy atom. The zero-order chi connectivity index (χ0) is 12.7. The molecule has 0 atom stereocenters. The zero-order valence-corrected chi connectivity index (χ0v) is 11.3. The molecule has 4 nitrogen and oxygen atoms in total. The Bertz CT molecular complexity index is 237. The smallest absolute Gasteiger partial charge is 0.366 e. The third-order valence-electron chi connectivity index (χ3n) is 2.99. The van der Waals surface area contributed by atoms with E-state index < -0.39 is 11.8 Å². The van der Waals surface area contributed by atoms with Crippen LogP contribution in [0.2, 0.25) is 0 Å². The minimum Gasteiger partial charge on any atom is -0.465 e. The molecule has 1 aliphatic rings. The quantitative estimate of drug-likeness (QED) is 0.420. The minimum atomic E-state index is -1.22. The first kappa shape index (κ1) is 14.7. The highest BCUT2D eigenvalue weighted by atomic mass is 35.5. The number of unbranched alkanes of at least 4 members (excludes halogenated alkanes) is 2. The van der Waals surface area contributed by atoms with E-state index in [0.29, 0.717) is 19.1 Å². The summed E-state index contributed by atoms with van der Waals surface area (Å²) in [6.07, 6.45) is 4.36. The molecule has 0 aromatic rings. The van der Waals surface area contributed by atoms with Crippen LogP contribution in [-0.2, 0) is 19.0 Å². The van der Waals surface area contributed by atoms with Gasteiger partial charge in [-0.2, -0.15) is 0 Å². The summed E-state index contributed by atoms with van der Waals surface area (Å²) in [5.41, 5.74) is 0. The molecule has 0 aromatic heterocycles. The average molecular weight is 265 g/mol. The molecule has 0 amide bonds. The van der Waals surface area contributed by atoms with E-state index in [1.807, 2.05) is 0 Å². The van der Waals surface area contributed by atoms with Gasteiger partial charge in [0.2, 0.25) is 0 Å². The van der Waals surface area contributed by atoms with Gasteiger partial charge >= 0.3 is 5.97 Å². The zero-order valence-electron chi connectivity index (χ0n) is 10.5. The van der Waals surface area contributed by atoms with Crippen molar-refractivity contribution in [2.75, 3.05) is 26.2 Å². The van der Waals surface area contributed by atoms with Gasteiger partial charge in [-0.25, -0.2) is 4.79 Å². The monoisotopic (exact) mass is 264 g/mol. The van der Waals surface area contributed by atoms with E-state index in [1.54, 1.807) is 6.92 Å². The van der Waals surface area contributed by atoms with E-state index in [-0.39, 0.29) is 0 Å². The highest BCUT2D eigenvalue weighted by molar-refractivity contribution is 6.17. The summed E-state index contributed by atoms with van der Waals surface area (Å²) in [4.78, 5) is 11.4. The molecule has 1 fully saturated rings. The molecule has 0 spiro atoms. The van der Waals surface area contributed by atoms with Gasteiger partial charge in [-0.1, -0.05) is 12.8 Å². The summed E-state index contributed by atoms with van der Waals surface area (Å²) in [7, 11) is 1.33. The molecule has 1 aliphatic heterocycles. The predicted molar refractivity (Wildman–Crippen MR) is 65.0 cm³/mol. The van der Waals surface area contributed by atoms with Gasteiger partial charge in [0.25, 0.3) is 5.79 Å². The van der Waals surface area contributed by atoms with Crippen LogP contribution in [0.15, 0.2) is 0 Å². The Morgan fingerprint density at radius 1 is 1.35 bits per heavy atom. The van der Waals surface area contributed by atoms with Crippen LogP contribution in [0, 0.1) is 5.92 Å². The summed E-state index contributed by atoms with van der Waals surface area (Å²) in [6.45, 7) is 2.70. The topological polar surface area (TPSA) is 44.8 Å². The summed E-state index contributed by atoms with van der Waals surface area (Å²) in [6, 6.07) is 0. The van der Waals surface area contributed by atoms with E-state index in [4.69, 9.17) is 21.1 Å². The Labute approximate surface area is 108 Å². The Morgan fingerprint density at radius 3 is 2.53 bits per heavy atom. The van der Waals surface area contributed by atoms with Crippen LogP contribution in [0.1, 0.15) is 32.6 Å². The first-order valence-corrected chi connectivity index (χ1v) is 6.58. The lowest BCUT2D eigenvalue weighted by molar-refractivity contribution is -0.272. The SMILES string of the molecule is COC(=O)[C@]1(C)OC[C@H](CCCCCCl)CO1. The van der Waals surface area contributed by atoms with Gasteiger partial charge in [0.05, 0.1) is 20.3 Å². The molecular weight excluding hydrogens is 244 g/mol. The van der Waals surface area contributed by atoms with Crippen LogP contribution < -0.4 is 0 Å². The summed E-state index contributed by atoms with van der Waals surface area (Å²) >= 11 is 5.61. The number of alkyl halides is 1. The molecule has 0 saturated carbocycles. The molecule has 0 N–H and O–H groups in total. The number of methoxy groups -OCH3 is 1. The van der Waals surface area contributed by atoms with Crippen molar-refractivity contribution < 1.29 is 19.0 Å². The van der Waals surface area contributed by atoms with Crippen LogP contribution in [-0.4, -0.2) is 38.0 Å². The number of rotatable bonds is 6. The van der Waals surface area contributed by atoms with Crippen LogP contribution >= 0.6 is 11.6 Å². The van der Waals surface area contributed by atoms with Crippen molar-refractivity contribution in [2.45, 2.75) is 38.4 Å². The van der Waals surface area contributed by atoms with Gasteiger partial charge in [0.15, 0.2) is 0 Å². The summed E-state index contributed by atoms with van der Waals surface area (Å²) in [5, 5.41) is 0. The van der Waals surface area contributed by atoms with E-state index in [1.165, 1.54) is 7.11 Å². The highest BCUT2D eigenvalue weighted by Crippen LogP contribution is 2.25. The second kappa shape index (κ2) is 7.19. The first-order chi connectivity index (χ1) is 8.12. The fourth-order valence-electron chi connectivity index (χ4n) is 1.82. The van der Waals surface area contributed by atoms with Crippen LogP contribution in [0.25, 0.3) is 0 Å². The van der Waals surface area contributed by atoms with E-state index >= 15 is 0 Å². The standard InChI is InChI=1S/C12H21ClO4/c1-12(11(14)15-2)16-8-10(9-17-12)6-4-3-5-7-13/h10H,3-9H2,1-2H3/t10-,12+. The molecule has 0 unspecified atom stereocenters. The minimum absolute atomic E-state index is 0.364. The summed E-state index contributed by atoms with van der Waals surface area (Å²) in [5.74, 6) is -0.611. The lowest BCUT2D eigenvalue weighted by Gasteiger charge is -2.35. The third kappa shape index (κ3) is 4.45. The maximum Gasteiger partial charge on any atom is 0.366 e. The third-order valence-corrected chi connectivity index (χ3v) is 3.26. The maximum absolute atomic E-state index is 11.4. The van der Waals surface area contributed by atoms with Gasteiger partial charge in [-0.05, 0) is 12.8 Å². The van der Waals surface area contributed by atoms with Crippen molar-refractivity contribution in [3.63, 3.8) is 0 Å². The Balaban J connectivity index is 2.23. The molecule has 1 heterocycles. The van der Waals surface area contributed by atoms with E-state index in [9.17, 15) is 4.79 Å². The van der Waals surface area contributed by atoms with Gasteiger partial charge in [-0.3, -0.25) is 0 Å². The number of hydrogen-bond donors (Lipinski definition) is 0. The van der Waals surface area contributed by atoms with E-state index in [2.05, 4.69) is 4.74 Å². The number of halogens is 1. The van der Waals surface area contributed by atoms with Crippen LogP contribution in [0.4, 0.5) is 0 Å². The van der Waals surface area contributed by atoms with Crippen LogP contribution in [0.5, 0.6) is 0 Å². The number of carbonyl (C=O) groups excluding carboxylic acids is 1. The van der Waals surface area contributed by atoms with Crippen molar-refractivity contribution in [3.05, 3.63) is 0 Å².